The highest BCUT2D eigenvalue weighted by molar-refractivity contribution is 5.82. The smallest absolute Gasteiger partial charge is 0.263 e. The zero-order valence-electron chi connectivity index (χ0n) is 19.4. The summed E-state index contributed by atoms with van der Waals surface area (Å²) in [5, 5.41) is 0. The third kappa shape index (κ3) is 4.38. The first-order valence-electron chi connectivity index (χ1n) is 11.2. The summed E-state index contributed by atoms with van der Waals surface area (Å²) in [5.41, 5.74) is 0.527. The maximum Gasteiger partial charge on any atom is 0.263 e. The standard InChI is InChI=1S/C26H26F2N4O2/c1-29-21-11-9-18(14-19(21)27)24-23(17-10-12-22(34-4)20(28)13-17)25(33)32(3)26(30-24)31(2)15-16-7-5-6-8-16/h9-14,16H,5-8,15H2,2-4H3. The van der Waals surface area contributed by atoms with Crippen LogP contribution in [0, 0.1) is 24.1 Å². The second-order valence-corrected chi connectivity index (χ2v) is 8.66. The predicted molar refractivity (Wildman–Crippen MR) is 128 cm³/mol. The van der Waals surface area contributed by atoms with E-state index < -0.39 is 11.6 Å². The van der Waals surface area contributed by atoms with Crippen LogP contribution in [0.15, 0.2) is 41.2 Å². The zero-order valence-corrected chi connectivity index (χ0v) is 19.4. The van der Waals surface area contributed by atoms with Crippen molar-refractivity contribution in [1.82, 2.24) is 9.55 Å². The van der Waals surface area contributed by atoms with Gasteiger partial charge in [-0.25, -0.2) is 18.6 Å². The maximum atomic E-state index is 14.5. The van der Waals surface area contributed by atoms with Crippen LogP contribution >= 0.6 is 0 Å². The first-order valence-corrected chi connectivity index (χ1v) is 11.2. The van der Waals surface area contributed by atoms with E-state index in [1.165, 1.54) is 48.8 Å². The predicted octanol–water partition coefficient (Wildman–Crippen LogP) is 5.58. The van der Waals surface area contributed by atoms with Gasteiger partial charge in [-0.2, -0.15) is 0 Å². The van der Waals surface area contributed by atoms with Crippen molar-refractivity contribution in [3.8, 4) is 28.1 Å². The van der Waals surface area contributed by atoms with Gasteiger partial charge in [0.2, 0.25) is 11.6 Å². The van der Waals surface area contributed by atoms with Gasteiger partial charge in [-0.15, -0.1) is 0 Å². The van der Waals surface area contributed by atoms with Crippen molar-refractivity contribution in [3.63, 3.8) is 0 Å². The zero-order chi connectivity index (χ0) is 24.4. The van der Waals surface area contributed by atoms with Crippen LogP contribution in [0.25, 0.3) is 27.2 Å². The molecule has 1 aliphatic carbocycles. The topological polar surface area (TPSA) is 51.7 Å². The molecular weight excluding hydrogens is 438 g/mol. The van der Waals surface area contributed by atoms with Gasteiger partial charge in [0.25, 0.3) is 5.56 Å². The Hall–Kier alpha value is -3.73. The lowest BCUT2D eigenvalue weighted by Crippen LogP contribution is -2.33. The monoisotopic (exact) mass is 464 g/mol. The fraction of sp³-hybridized carbons (Fsp3) is 0.346. The second-order valence-electron chi connectivity index (χ2n) is 8.66. The van der Waals surface area contributed by atoms with Gasteiger partial charge in [0.1, 0.15) is 5.82 Å². The summed E-state index contributed by atoms with van der Waals surface area (Å²) >= 11 is 0. The van der Waals surface area contributed by atoms with Crippen molar-refractivity contribution in [2.75, 3.05) is 25.6 Å². The van der Waals surface area contributed by atoms with Gasteiger partial charge in [0.05, 0.1) is 24.9 Å². The van der Waals surface area contributed by atoms with Crippen molar-refractivity contribution >= 4 is 11.6 Å². The third-order valence-corrected chi connectivity index (χ3v) is 6.40. The summed E-state index contributed by atoms with van der Waals surface area (Å²) in [6.07, 6.45) is 4.67. The molecule has 1 saturated carbocycles. The maximum absolute atomic E-state index is 14.5. The van der Waals surface area contributed by atoms with Crippen LogP contribution in [-0.4, -0.2) is 30.3 Å². The molecule has 0 spiro atoms. The average molecular weight is 465 g/mol. The second kappa shape index (κ2) is 9.64. The summed E-state index contributed by atoms with van der Waals surface area (Å²) in [7, 11) is 4.88. The summed E-state index contributed by atoms with van der Waals surface area (Å²) in [6.45, 7) is 7.86. The molecule has 0 atom stereocenters. The van der Waals surface area contributed by atoms with E-state index in [0.717, 1.165) is 19.4 Å². The Labute approximate surface area is 197 Å². The van der Waals surface area contributed by atoms with Crippen LogP contribution < -0.4 is 15.2 Å². The number of benzene rings is 2. The highest BCUT2D eigenvalue weighted by atomic mass is 19.1. The number of nitrogens with zero attached hydrogens (tertiary/aromatic N) is 4. The van der Waals surface area contributed by atoms with E-state index in [4.69, 9.17) is 16.3 Å². The number of hydrogen-bond acceptors (Lipinski definition) is 4. The van der Waals surface area contributed by atoms with Gasteiger partial charge in [0, 0.05) is 26.2 Å². The highest BCUT2D eigenvalue weighted by Gasteiger charge is 2.24. The van der Waals surface area contributed by atoms with Crippen LogP contribution in [0.1, 0.15) is 25.7 Å². The number of aromatic nitrogens is 2. The summed E-state index contributed by atoms with van der Waals surface area (Å²) in [4.78, 5) is 23.5. The lowest BCUT2D eigenvalue weighted by molar-refractivity contribution is 0.386. The lowest BCUT2D eigenvalue weighted by atomic mass is 9.99. The molecule has 0 amide bonds. The van der Waals surface area contributed by atoms with Crippen LogP contribution in [-0.2, 0) is 7.05 Å². The Bertz CT molecular complexity index is 1320. The minimum Gasteiger partial charge on any atom is -0.494 e. The van der Waals surface area contributed by atoms with Crippen LogP contribution in [0.4, 0.5) is 20.4 Å². The molecule has 0 unspecified atom stereocenters. The molecule has 3 aromatic rings. The Morgan fingerprint density at radius 3 is 2.44 bits per heavy atom. The quantitative estimate of drug-likeness (QED) is 0.447. The number of anilines is 1. The van der Waals surface area contributed by atoms with Gasteiger partial charge in [-0.3, -0.25) is 9.36 Å². The molecule has 0 bridgehead atoms. The van der Waals surface area contributed by atoms with E-state index in [9.17, 15) is 13.6 Å². The molecule has 6 nitrogen and oxygen atoms in total. The van der Waals surface area contributed by atoms with Crippen molar-refractivity contribution in [2.45, 2.75) is 25.7 Å². The minimum absolute atomic E-state index is 0.0513. The molecular formula is C26H26F2N4O2. The van der Waals surface area contributed by atoms with Crippen LogP contribution in [0.5, 0.6) is 5.75 Å². The summed E-state index contributed by atoms with van der Waals surface area (Å²) < 4.78 is 35.5. The van der Waals surface area contributed by atoms with Gasteiger partial charge < -0.3 is 9.64 Å². The Kier molecular flexibility index (Phi) is 6.64. The van der Waals surface area contributed by atoms with Gasteiger partial charge >= 0.3 is 0 Å². The van der Waals surface area contributed by atoms with Gasteiger partial charge in [-0.1, -0.05) is 31.0 Å². The average Bonchev–Trinajstić information content (AvgIpc) is 3.33. The summed E-state index contributed by atoms with van der Waals surface area (Å²) in [6, 6.07) is 8.34. The molecule has 8 heteroatoms. The van der Waals surface area contributed by atoms with E-state index in [1.807, 2.05) is 11.9 Å². The molecule has 34 heavy (non-hydrogen) atoms. The summed E-state index contributed by atoms with van der Waals surface area (Å²) in [5.74, 6) is -0.307. The number of methoxy groups -OCH3 is 1. The van der Waals surface area contributed by atoms with Gasteiger partial charge in [0.15, 0.2) is 11.6 Å². The lowest BCUT2D eigenvalue weighted by Gasteiger charge is -2.25. The molecule has 0 radical (unpaired) electrons. The van der Waals surface area contributed by atoms with E-state index >= 15 is 0 Å². The molecule has 0 saturated heterocycles. The van der Waals surface area contributed by atoms with Crippen molar-refractivity contribution in [1.29, 1.82) is 0 Å². The molecule has 1 fully saturated rings. The Morgan fingerprint density at radius 2 is 1.82 bits per heavy atom. The molecule has 0 N–H and O–H groups in total. The molecule has 1 heterocycles. The van der Waals surface area contributed by atoms with Crippen LogP contribution in [0.3, 0.4) is 0 Å². The van der Waals surface area contributed by atoms with Crippen LogP contribution in [0.2, 0.25) is 0 Å². The number of hydrogen-bond donors (Lipinski definition) is 0. The largest absolute Gasteiger partial charge is 0.494 e. The highest BCUT2D eigenvalue weighted by Crippen LogP contribution is 2.34. The van der Waals surface area contributed by atoms with Crippen molar-refractivity contribution in [3.05, 3.63) is 69.8 Å². The Morgan fingerprint density at radius 1 is 1.15 bits per heavy atom. The fourth-order valence-electron chi connectivity index (χ4n) is 4.63. The molecule has 1 aliphatic rings. The normalized spacial score (nSPS) is 13.6. The molecule has 2 aromatic carbocycles. The first kappa shape index (κ1) is 23.4. The fourth-order valence-corrected chi connectivity index (χ4v) is 4.63. The van der Waals surface area contributed by atoms with Crippen molar-refractivity contribution in [2.24, 2.45) is 13.0 Å². The first-order chi connectivity index (χ1) is 16.3. The number of ether oxygens (including phenoxy) is 1. The number of rotatable bonds is 6. The van der Waals surface area contributed by atoms with E-state index in [0.29, 0.717) is 23.0 Å². The number of halogens is 2. The van der Waals surface area contributed by atoms with Crippen molar-refractivity contribution < 1.29 is 13.5 Å². The Balaban J connectivity index is 1.92. The molecule has 0 aliphatic heterocycles. The van der Waals surface area contributed by atoms with E-state index in [-0.39, 0.29) is 28.3 Å². The van der Waals surface area contributed by atoms with Gasteiger partial charge in [-0.05, 0) is 42.5 Å². The molecule has 176 valence electrons. The molecule has 4 rings (SSSR count). The SMILES string of the molecule is [C-]#[N+]c1ccc(-c2nc(N(C)CC3CCCC3)n(C)c(=O)c2-c2ccc(OC)c(F)c2)cc1F. The van der Waals surface area contributed by atoms with E-state index in [1.54, 1.807) is 19.2 Å². The molecule has 1 aromatic heterocycles. The van der Waals surface area contributed by atoms with E-state index in [2.05, 4.69) is 4.85 Å². The minimum atomic E-state index is -0.706. The third-order valence-electron chi connectivity index (χ3n) is 6.40.